The predicted octanol–water partition coefficient (Wildman–Crippen LogP) is 3.91. The molecule has 0 bridgehead atoms. The maximum absolute atomic E-state index is 12.7. The quantitative estimate of drug-likeness (QED) is 0.603. The number of likely N-dealkylation sites (tertiary alicyclic amines) is 1. The van der Waals surface area contributed by atoms with Crippen molar-refractivity contribution in [2.75, 3.05) is 13.1 Å². The number of nitrogens with zero attached hydrogens (tertiary/aromatic N) is 4. The maximum atomic E-state index is 12.7. The first-order valence-corrected chi connectivity index (χ1v) is 10.6. The number of carbonyl (C=O) groups excluding carboxylic acids is 2. The topological polar surface area (TPSA) is 77.3 Å². The van der Waals surface area contributed by atoms with Crippen LogP contribution in [0.25, 0.3) is 11.1 Å². The van der Waals surface area contributed by atoms with Crippen molar-refractivity contribution in [3.63, 3.8) is 0 Å². The molecule has 1 saturated carbocycles. The van der Waals surface area contributed by atoms with Crippen LogP contribution in [0, 0.1) is 11.8 Å². The molecule has 3 aromatic rings. The zero-order valence-electron chi connectivity index (χ0n) is 17.3. The molecule has 0 N–H and O–H groups in total. The number of hydrogen-bond donors (Lipinski definition) is 0. The Kier molecular flexibility index (Phi) is 5.02. The molecule has 1 aromatic carbocycles. The van der Waals surface area contributed by atoms with Crippen molar-refractivity contribution in [2.45, 2.75) is 25.9 Å². The molecule has 2 aliphatic rings. The van der Waals surface area contributed by atoms with Crippen LogP contribution in [-0.4, -0.2) is 50.7 Å². The van der Waals surface area contributed by atoms with E-state index >= 15 is 0 Å². The van der Waals surface area contributed by atoms with Crippen LogP contribution >= 0.6 is 0 Å². The van der Waals surface area contributed by atoms with Gasteiger partial charge in [-0.15, -0.1) is 0 Å². The molecule has 2 fully saturated rings. The molecular weight excluding hydrogens is 392 g/mol. The van der Waals surface area contributed by atoms with Crippen molar-refractivity contribution in [2.24, 2.45) is 11.8 Å². The third-order valence-electron chi connectivity index (χ3n) is 6.26. The molecule has 31 heavy (non-hydrogen) atoms. The van der Waals surface area contributed by atoms with Gasteiger partial charge in [0, 0.05) is 44.2 Å². The molecule has 1 aliphatic heterocycles. The molecule has 1 unspecified atom stereocenters. The summed E-state index contributed by atoms with van der Waals surface area (Å²) in [6.07, 6.45) is 7.21. The van der Waals surface area contributed by atoms with Gasteiger partial charge in [-0.25, -0.2) is 4.79 Å². The number of carbonyl (C=O) groups is 2. The first-order chi connectivity index (χ1) is 15.1. The first-order valence-electron chi connectivity index (χ1n) is 10.6. The molecule has 1 aliphatic carbocycles. The fraction of sp³-hybridized carbons (Fsp3) is 0.333. The van der Waals surface area contributed by atoms with Gasteiger partial charge in [0.2, 0.25) is 0 Å². The highest BCUT2D eigenvalue weighted by atomic mass is 16.5. The average Bonchev–Trinajstić information content (AvgIpc) is 3.49. The lowest BCUT2D eigenvalue weighted by molar-refractivity contribution is 0.101. The largest absolute Gasteiger partial charge is 0.490 e. The summed E-state index contributed by atoms with van der Waals surface area (Å²) in [6.45, 7) is 2.85. The number of rotatable bonds is 4. The summed E-state index contributed by atoms with van der Waals surface area (Å²) in [5.74, 6) is 1.58. The van der Waals surface area contributed by atoms with Crippen LogP contribution in [0.4, 0.5) is 4.79 Å². The second-order valence-corrected chi connectivity index (χ2v) is 8.39. The Morgan fingerprint density at radius 2 is 1.81 bits per heavy atom. The van der Waals surface area contributed by atoms with Crippen LogP contribution in [0.15, 0.2) is 61.1 Å². The average molecular weight is 416 g/mol. The van der Waals surface area contributed by atoms with E-state index in [4.69, 9.17) is 4.74 Å². The number of hydrogen-bond acceptors (Lipinski definition) is 5. The van der Waals surface area contributed by atoms with Crippen LogP contribution in [-0.2, 0) is 0 Å². The van der Waals surface area contributed by atoms with E-state index in [0.29, 0.717) is 30.6 Å². The lowest BCUT2D eigenvalue weighted by Gasteiger charge is -2.20. The summed E-state index contributed by atoms with van der Waals surface area (Å²) < 4.78 is 7.58. The molecule has 3 atom stereocenters. The van der Waals surface area contributed by atoms with E-state index in [1.807, 2.05) is 35.4 Å². The maximum Gasteiger partial charge on any atom is 0.344 e. The van der Waals surface area contributed by atoms with Gasteiger partial charge >= 0.3 is 6.03 Å². The molecule has 7 heteroatoms. The Morgan fingerprint density at radius 1 is 1.03 bits per heavy atom. The highest BCUT2D eigenvalue weighted by Gasteiger charge is 2.43. The molecule has 5 rings (SSSR count). The Balaban J connectivity index is 1.20. The summed E-state index contributed by atoms with van der Waals surface area (Å²) in [6, 6.07) is 13.5. The molecule has 7 nitrogen and oxygen atoms in total. The number of aromatic nitrogens is 3. The number of benzene rings is 1. The molecule has 0 radical (unpaired) electrons. The second-order valence-electron chi connectivity index (χ2n) is 8.39. The smallest absolute Gasteiger partial charge is 0.344 e. The Morgan fingerprint density at radius 3 is 2.48 bits per heavy atom. The third-order valence-corrected chi connectivity index (χ3v) is 6.26. The molecular formula is C24H24N4O3. The van der Waals surface area contributed by atoms with Crippen molar-refractivity contribution in [1.82, 2.24) is 19.7 Å². The van der Waals surface area contributed by atoms with E-state index in [9.17, 15) is 9.59 Å². The van der Waals surface area contributed by atoms with E-state index in [0.717, 1.165) is 29.7 Å². The number of amides is 1. The van der Waals surface area contributed by atoms with E-state index in [-0.39, 0.29) is 17.9 Å². The van der Waals surface area contributed by atoms with E-state index in [1.54, 1.807) is 18.5 Å². The van der Waals surface area contributed by atoms with Crippen molar-refractivity contribution in [3.8, 4) is 16.9 Å². The Labute approximate surface area is 180 Å². The van der Waals surface area contributed by atoms with Crippen LogP contribution < -0.4 is 4.74 Å². The normalized spacial score (nSPS) is 22.4. The minimum Gasteiger partial charge on any atom is -0.490 e. The number of fused-ring (bicyclic) bond motifs is 1. The van der Waals surface area contributed by atoms with Crippen LogP contribution in [0.1, 0.15) is 30.3 Å². The third kappa shape index (κ3) is 3.95. The van der Waals surface area contributed by atoms with Crippen LogP contribution in [0.2, 0.25) is 0 Å². The fourth-order valence-electron chi connectivity index (χ4n) is 4.73. The highest BCUT2D eigenvalue weighted by molar-refractivity contribution is 5.92. The summed E-state index contributed by atoms with van der Waals surface area (Å²) in [4.78, 5) is 30.2. The standard InChI is InChI=1S/C24H24N4O3/c1-16(29)23-7-9-28(26-23)24(30)27-14-19-11-22(12-20(19)15-27)31-21-6-2-4-17(10-21)18-5-3-8-25-13-18/h2-10,13,19-20,22H,11-12,14-15H2,1H3/t19-,20+,22?. The predicted molar refractivity (Wildman–Crippen MR) is 115 cm³/mol. The molecule has 1 amide bonds. The van der Waals surface area contributed by atoms with Gasteiger partial charge in [-0.2, -0.15) is 9.78 Å². The van der Waals surface area contributed by atoms with Gasteiger partial charge in [0.05, 0.1) is 6.10 Å². The molecule has 1 saturated heterocycles. The second kappa shape index (κ2) is 7.98. The lowest BCUT2D eigenvalue weighted by atomic mass is 10.0. The van der Waals surface area contributed by atoms with E-state index < -0.39 is 0 Å². The molecule has 3 heterocycles. The lowest BCUT2D eigenvalue weighted by Crippen LogP contribution is -2.34. The summed E-state index contributed by atoms with van der Waals surface area (Å²) in [7, 11) is 0. The fourth-order valence-corrected chi connectivity index (χ4v) is 4.73. The van der Waals surface area contributed by atoms with Crippen molar-refractivity contribution < 1.29 is 14.3 Å². The summed E-state index contributed by atoms with van der Waals surface area (Å²) in [5, 5.41) is 4.10. The Hall–Kier alpha value is -3.48. The van der Waals surface area contributed by atoms with Gasteiger partial charge in [0.25, 0.3) is 0 Å². The van der Waals surface area contributed by atoms with Crippen molar-refractivity contribution in [1.29, 1.82) is 0 Å². The number of ketones is 1. The minimum atomic E-state index is -0.163. The van der Waals surface area contributed by atoms with Gasteiger partial charge in [-0.1, -0.05) is 18.2 Å². The van der Waals surface area contributed by atoms with E-state index in [2.05, 4.69) is 22.2 Å². The van der Waals surface area contributed by atoms with Gasteiger partial charge in [-0.3, -0.25) is 9.78 Å². The monoisotopic (exact) mass is 416 g/mol. The van der Waals surface area contributed by atoms with E-state index in [1.165, 1.54) is 11.6 Å². The summed E-state index contributed by atoms with van der Waals surface area (Å²) >= 11 is 0. The number of pyridine rings is 1. The highest BCUT2D eigenvalue weighted by Crippen LogP contribution is 2.40. The zero-order chi connectivity index (χ0) is 21.4. The van der Waals surface area contributed by atoms with Crippen molar-refractivity contribution in [3.05, 3.63) is 66.7 Å². The van der Waals surface area contributed by atoms with Gasteiger partial charge < -0.3 is 9.64 Å². The molecule has 0 spiro atoms. The van der Waals surface area contributed by atoms with Crippen LogP contribution in [0.5, 0.6) is 5.75 Å². The molecule has 158 valence electrons. The van der Waals surface area contributed by atoms with Gasteiger partial charge in [-0.05, 0) is 54.5 Å². The minimum absolute atomic E-state index is 0.141. The van der Waals surface area contributed by atoms with Crippen molar-refractivity contribution >= 4 is 11.8 Å². The number of ether oxygens (including phenoxy) is 1. The first kappa shape index (κ1) is 19.5. The van der Waals surface area contributed by atoms with Gasteiger partial charge in [0.1, 0.15) is 11.4 Å². The van der Waals surface area contributed by atoms with Gasteiger partial charge in [0.15, 0.2) is 5.78 Å². The SMILES string of the molecule is CC(=O)c1ccn(C(=O)N2C[C@H]3CC(Oc4cccc(-c5cccnc5)c4)C[C@H]3C2)n1. The van der Waals surface area contributed by atoms with Crippen LogP contribution in [0.3, 0.4) is 0 Å². The number of Topliss-reactive ketones (excluding diaryl/α,β-unsaturated/α-hetero) is 1. The zero-order valence-corrected chi connectivity index (χ0v) is 17.3. The Bertz CT molecular complexity index is 1100. The molecule has 2 aromatic heterocycles. The summed E-state index contributed by atoms with van der Waals surface area (Å²) in [5.41, 5.74) is 2.47.